The molecular formula is C21H30O6. The van der Waals surface area contributed by atoms with Crippen LogP contribution < -0.4 is 0 Å². The van der Waals surface area contributed by atoms with Gasteiger partial charge in [0.1, 0.15) is 0 Å². The summed E-state index contributed by atoms with van der Waals surface area (Å²) >= 11 is 0. The molecule has 1 aliphatic heterocycles. The third-order valence-corrected chi connectivity index (χ3v) is 4.85. The van der Waals surface area contributed by atoms with E-state index in [1.54, 1.807) is 12.1 Å². The first-order chi connectivity index (χ1) is 13.1. The Hall–Kier alpha value is -1.92. The van der Waals surface area contributed by atoms with Crippen molar-refractivity contribution in [1.82, 2.24) is 0 Å². The smallest absolute Gasteiger partial charge is 0.339 e. The highest BCUT2D eigenvalue weighted by molar-refractivity contribution is 6.02. The number of carboxylic acid groups (broad SMARTS) is 1. The minimum Gasteiger partial charge on any atom is -0.478 e. The summed E-state index contributed by atoms with van der Waals surface area (Å²) in [6.07, 6.45) is 7.01. The lowest BCUT2D eigenvalue weighted by Gasteiger charge is -2.22. The number of carbonyl (C=O) groups excluding carboxylic acids is 1. The highest BCUT2D eigenvalue weighted by Crippen LogP contribution is 2.17. The normalized spacial score (nSPS) is 18.0. The Balaban J connectivity index is 1.67. The van der Waals surface area contributed by atoms with Crippen LogP contribution in [-0.2, 0) is 14.2 Å². The fourth-order valence-corrected chi connectivity index (χ4v) is 3.12. The molecule has 0 aromatic heterocycles. The molecule has 2 rings (SSSR count). The Bertz CT molecular complexity index is 594. The van der Waals surface area contributed by atoms with E-state index in [1.165, 1.54) is 18.6 Å². The molecule has 0 radical (unpaired) electrons. The first kappa shape index (κ1) is 21.4. The van der Waals surface area contributed by atoms with Crippen LogP contribution in [0.25, 0.3) is 0 Å². The van der Waals surface area contributed by atoms with E-state index in [0.29, 0.717) is 13.2 Å². The Kier molecular flexibility index (Phi) is 9.28. The molecule has 0 saturated carbocycles. The van der Waals surface area contributed by atoms with Crippen molar-refractivity contribution in [3.05, 3.63) is 35.4 Å². The van der Waals surface area contributed by atoms with Gasteiger partial charge in [0.05, 0.1) is 17.7 Å². The van der Waals surface area contributed by atoms with Crippen molar-refractivity contribution in [2.45, 2.75) is 58.2 Å². The second-order valence-corrected chi connectivity index (χ2v) is 6.89. The molecule has 1 heterocycles. The van der Waals surface area contributed by atoms with Gasteiger partial charge in [-0.05, 0) is 50.2 Å². The maximum atomic E-state index is 12.2. The van der Waals surface area contributed by atoms with Gasteiger partial charge in [0, 0.05) is 13.2 Å². The molecule has 0 unspecified atom stereocenters. The van der Waals surface area contributed by atoms with Crippen molar-refractivity contribution >= 4 is 11.9 Å². The van der Waals surface area contributed by atoms with Crippen molar-refractivity contribution in [2.75, 3.05) is 19.8 Å². The molecule has 1 saturated heterocycles. The number of benzene rings is 1. The number of rotatable bonds is 11. The molecule has 6 heteroatoms. The molecule has 27 heavy (non-hydrogen) atoms. The lowest BCUT2D eigenvalue weighted by molar-refractivity contribution is -0.162. The first-order valence-electron chi connectivity index (χ1n) is 9.84. The van der Waals surface area contributed by atoms with Gasteiger partial charge in [0.2, 0.25) is 0 Å². The van der Waals surface area contributed by atoms with E-state index in [2.05, 4.69) is 6.92 Å². The van der Waals surface area contributed by atoms with Crippen LogP contribution in [0.15, 0.2) is 24.3 Å². The van der Waals surface area contributed by atoms with E-state index < -0.39 is 11.9 Å². The van der Waals surface area contributed by atoms with Gasteiger partial charge in [-0.25, -0.2) is 9.59 Å². The zero-order valence-corrected chi connectivity index (χ0v) is 16.0. The molecule has 0 bridgehead atoms. The van der Waals surface area contributed by atoms with Crippen molar-refractivity contribution < 1.29 is 28.9 Å². The summed E-state index contributed by atoms with van der Waals surface area (Å²) in [7, 11) is 0. The van der Waals surface area contributed by atoms with Gasteiger partial charge in [-0.3, -0.25) is 0 Å². The molecular weight excluding hydrogens is 348 g/mol. The predicted molar refractivity (Wildman–Crippen MR) is 101 cm³/mol. The number of hydrogen-bond donors (Lipinski definition) is 1. The SMILES string of the molecule is CC[C@@H](CCCCO[C@H]1CCCCO1)COC(=O)c1ccccc1C(=O)O. The quantitative estimate of drug-likeness (QED) is 0.457. The molecule has 6 nitrogen and oxygen atoms in total. The molecule has 150 valence electrons. The fourth-order valence-electron chi connectivity index (χ4n) is 3.12. The van der Waals surface area contributed by atoms with Crippen LogP contribution in [0.2, 0.25) is 0 Å². The summed E-state index contributed by atoms with van der Waals surface area (Å²) in [6.45, 7) is 3.85. The van der Waals surface area contributed by atoms with Gasteiger partial charge in [-0.2, -0.15) is 0 Å². The Labute approximate surface area is 160 Å². The van der Waals surface area contributed by atoms with E-state index in [-0.39, 0.29) is 23.3 Å². The van der Waals surface area contributed by atoms with Crippen molar-refractivity contribution in [3.63, 3.8) is 0 Å². The highest BCUT2D eigenvalue weighted by atomic mass is 16.7. The van der Waals surface area contributed by atoms with Crippen LogP contribution in [0.4, 0.5) is 0 Å². The van der Waals surface area contributed by atoms with Crippen molar-refractivity contribution in [2.24, 2.45) is 5.92 Å². The Morgan fingerprint density at radius 2 is 2.00 bits per heavy atom. The lowest BCUT2D eigenvalue weighted by atomic mass is 10.0. The number of carbonyl (C=O) groups is 2. The van der Waals surface area contributed by atoms with Crippen molar-refractivity contribution in [1.29, 1.82) is 0 Å². The van der Waals surface area contributed by atoms with Gasteiger partial charge in [0.25, 0.3) is 0 Å². The van der Waals surface area contributed by atoms with E-state index in [4.69, 9.17) is 14.2 Å². The summed E-state index contributed by atoms with van der Waals surface area (Å²) in [5, 5.41) is 9.17. The molecule has 1 aromatic carbocycles. The van der Waals surface area contributed by atoms with Crippen LogP contribution in [0.1, 0.15) is 72.6 Å². The average molecular weight is 378 g/mol. The number of unbranched alkanes of at least 4 members (excludes halogenated alkanes) is 1. The summed E-state index contributed by atoms with van der Waals surface area (Å²) in [4.78, 5) is 23.4. The van der Waals surface area contributed by atoms with Crippen LogP contribution in [0, 0.1) is 5.92 Å². The second-order valence-electron chi connectivity index (χ2n) is 6.89. The minimum atomic E-state index is -1.13. The summed E-state index contributed by atoms with van der Waals surface area (Å²) in [5.74, 6) is -1.45. The molecule has 0 aliphatic carbocycles. The summed E-state index contributed by atoms with van der Waals surface area (Å²) < 4.78 is 16.6. The van der Waals surface area contributed by atoms with Crippen molar-refractivity contribution in [3.8, 4) is 0 Å². The van der Waals surface area contributed by atoms with Crippen LogP contribution in [-0.4, -0.2) is 43.2 Å². The Morgan fingerprint density at radius 1 is 1.22 bits per heavy atom. The third-order valence-electron chi connectivity index (χ3n) is 4.85. The number of aromatic carboxylic acids is 1. The van der Waals surface area contributed by atoms with Crippen LogP contribution in [0.3, 0.4) is 0 Å². The van der Waals surface area contributed by atoms with E-state index in [9.17, 15) is 14.7 Å². The standard InChI is InChI=1S/C21H30O6/c1-2-16(9-5-7-13-25-19-12-6-8-14-26-19)15-27-21(24)18-11-4-3-10-17(18)20(22)23/h3-4,10-11,16,19H,2,5-9,12-15H2,1H3,(H,22,23)/t16-,19+/m0/s1. The van der Waals surface area contributed by atoms with Gasteiger partial charge < -0.3 is 19.3 Å². The number of esters is 1. The lowest BCUT2D eigenvalue weighted by Crippen LogP contribution is -2.22. The number of ether oxygens (including phenoxy) is 3. The topological polar surface area (TPSA) is 82.1 Å². The predicted octanol–water partition coefficient (Wildman–Crippen LogP) is 4.28. The molecule has 0 amide bonds. The van der Waals surface area contributed by atoms with Gasteiger partial charge in [-0.1, -0.05) is 31.9 Å². The van der Waals surface area contributed by atoms with E-state index in [0.717, 1.165) is 45.1 Å². The monoisotopic (exact) mass is 378 g/mol. The minimum absolute atomic E-state index is 0.0300. The highest BCUT2D eigenvalue weighted by Gasteiger charge is 2.18. The Morgan fingerprint density at radius 3 is 2.67 bits per heavy atom. The second kappa shape index (κ2) is 11.7. The van der Waals surface area contributed by atoms with Gasteiger partial charge >= 0.3 is 11.9 Å². The zero-order valence-electron chi connectivity index (χ0n) is 16.0. The average Bonchev–Trinajstić information content (AvgIpc) is 2.70. The molecule has 2 atom stereocenters. The number of hydrogen-bond acceptors (Lipinski definition) is 5. The van der Waals surface area contributed by atoms with E-state index in [1.807, 2.05) is 0 Å². The van der Waals surface area contributed by atoms with Crippen LogP contribution in [0.5, 0.6) is 0 Å². The zero-order chi connectivity index (χ0) is 19.5. The van der Waals surface area contributed by atoms with Crippen LogP contribution >= 0.6 is 0 Å². The molecule has 1 aromatic rings. The summed E-state index contributed by atoms with van der Waals surface area (Å²) in [6, 6.07) is 6.12. The first-order valence-corrected chi connectivity index (χ1v) is 9.84. The van der Waals surface area contributed by atoms with E-state index >= 15 is 0 Å². The summed E-state index contributed by atoms with van der Waals surface area (Å²) in [5.41, 5.74) is 0.0679. The fraction of sp³-hybridized carbons (Fsp3) is 0.619. The molecule has 1 aliphatic rings. The number of carboxylic acids is 1. The maximum Gasteiger partial charge on any atom is 0.339 e. The molecule has 1 fully saturated rings. The molecule has 1 N–H and O–H groups in total. The largest absolute Gasteiger partial charge is 0.478 e. The third kappa shape index (κ3) is 7.31. The van der Waals surface area contributed by atoms with Gasteiger partial charge in [0.15, 0.2) is 6.29 Å². The van der Waals surface area contributed by atoms with Gasteiger partial charge in [-0.15, -0.1) is 0 Å². The molecule has 0 spiro atoms. The maximum absolute atomic E-state index is 12.2.